The fourth-order valence-corrected chi connectivity index (χ4v) is 2.71. The van der Waals surface area contributed by atoms with Gasteiger partial charge in [0.25, 0.3) is 11.8 Å². The van der Waals surface area contributed by atoms with Gasteiger partial charge in [-0.15, -0.1) is 0 Å². The Kier molecular flexibility index (Phi) is 7.83. The molecule has 0 unspecified atom stereocenters. The topological polar surface area (TPSA) is 93.7 Å². The molecule has 0 aliphatic rings. The summed E-state index contributed by atoms with van der Waals surface area (Å²) in [5, 5.41) is 5.44. The molecule has 0 aromatic heterocycles. The summed E-state index contributed by atoms with van der Waals surface area (Å²) >= 11 is 5.90. The number of methoxy groups -OCH3 is 1. The molecule has 0 aliphatic carbocycles. The van der Waals surface area contributed by atoms with Crippen molar-refractivity contribution in [3.8, 4) is 5.75 Å². The number of esters is 1. The number of carbonyl (C=O) groups is 3. The summed E-state index contributed by atoms with van der Waals surface area (Å²) in [5.41, 5.74) is 1.87. The zero-order valence-electron chi connectivity index (χ0n) is 17.4. The van der Waals surface area contributed by atoms with Gasteiger partial charge in [-0.3, -0.25) is 14.4 Å². The van der Waals surface area contributed by atoms with E-state index in [0.29, 0.717) is 22.0 Å². The molecule has 2 aromatic carbocycles. The maximum atomic E-state index is 12.2. The van der Waals surface area contributed by atoms with Crippen LogP contribution in [0.25, 0.3) is 0 Å². The van der Waals surface area contributed by atoms with E-state index in [2.05, 4.69) is 31.4 Å². The number of rotatable bonds is 7. The van der Waals surface area contributed by atoms with Gasteiger partial charge < -0.3 is 20.1 Å². The summed E-state index contributed by atoms with van der Waals surface area (Å²) in [5.74, 6) is -1.28. The molecular formula is C22H25ClN2O5. The van der Waals surface area contributed by atoms with Crippen molar-refractivity contribution in [1.82, 2.24) is 5.32 Å². The third-order valence-corrected chi connectivity index (χ3v) is 4.44. The van der Waals surface area contributed by atoms with E-state index in [4.69, 9.17) is 21.1 Å². The Morgan fingerprint density at radius 3 is 2.30 bits per heavy atom. The molecule has 0 bridgehead atoms. The van der Waals surface area contributed by atoms with Gasteiger partial charge in [0.05, 0.1) is 12.8 Å². The second kappa shape index (κ2) is 10.1. The van der Waals surface area contributed by atoms with Crippen LogP contribution < -0.4 is 15.4 Å². The van der Waals surface area contributed by atoms with Crippen molar-refractivity contribution in [1.29, 1.82) is 0 Å². The monoisotopic (exact) mass is 432 g/mol. The number of halogens is 1. The summed E-state index contributed by atoms with van der Waals surface area (Å²) in [6.07, 6.45) is 0. The van der Waals surface area contributed by atoms with E-state index in [9.17, 15) is 14.4 Å². The zero-order chi connectivity index (χ0) is 22.3. The predicted octanol–water partition coefficient (Wildman–Crippen LogP) is 3.56. The zero-order valence-corrected chi connectivity index (χ0v) is 18.1. The molecule has 8 heteroatoms. The highest BCUT2D eigenvalue weighted by molar-refractivity contribution is 6.31. The lowest BCUT2D eigenvalue weighted by Crippen LogP contribution is -2.32. The maximum absolute atomic E-state index is 12.2. The minimum atomic E-state index is -0.733. The summed E-state index contributed by atoms with van der Waals surface area (Å²) in [7, 11) is 1.46. The first-order valence-corrected chi connectivity index (χ1v) is 9.65. The van der Waals surface area contributed by atoms with Gasteiger partial charge >= 0.3 is 5.97 Å². The lowest BCUT2D eigenvalue weighted by Gasteiger charge is -2.19. The molecule has 0 saturated carbocycles. The Labute approximate surface area is 180 Å². The lowest BCUT2D eigenvalue weighted by molar-refractivity contribution is -0.146. The Hall–Kier alpha value is -3.06. The van der Waals surface area contributed by atoms with E-state index in [1.165, 1.54) is 13.2 Å². The second-order valence-electron chi connectivity index (χ2n) is 7.56. The van der Waals surface area contributed by atoms with Crippen LogP contribution in [0.15, 0.2) is 42.5 Å². The van der Waals surface area contributed by atoms with Crippen LogP contribution in [-0.2, 0) is 19.7 Å². The number of hydrogen-bond donors (Lipinski definition) is 2. The number of hydrogen-bond acceptors (Lipinski definition) is 5. The van der Waals surface area contributed by atoms with E-state index in [0.717, 1.165) is 5.56 Å². The fourth-order valence-electron chi connectivity index (χ4n) is 2.54. The molecule has 0 atom stereocenters. The minimum absolute atomic E-state index is 0.0194. The van der Waals surface area contributed by atoms with Gasteiger partial charge in [-0.1, -0.05) is 44.5 Å². The van der Waals surface area contributed by atoms with Crippen LogP contribution in [0.2, 0.25) is 5.02 Å². The number of nitrogens with one attached hydrogen (secondary N) is 2. The minimum Gasteiger partial charge on any atom is -0.495 e. The Morgan fingerprint density at radius 1 is 1.03 bits per heavy atom. The molecule has 2 aromatic rings. The van der Waals surface area contributed by atoms with Crippen LogP contribution >= 0.6 is 11.6 Å². The molecule has 7 nitrogen and oxygen atoms in total. The molecule has 2 N–H and O–H groups in total. The number of carbonyl (C=O) groups excluding carboxylic acids is 3. The standard InChI is InChI=1S/C22H25ClN2O5/c1-22(2,3)15-7-5-14(6-8-15)21(28)24-12-20(27)30-13-19(26)25-17-11-16(23)9-10-18(17)29-4/h5-11H,12-13H2,1-4H3,(H,24,28)(H,25,26). The van der Waals surface area contributed by atoms with E-state index < -0.39 is 24.4 Å². The van der Waals surface area contributed by atoms with E-state index in [1.807, 2.05) is 12.1 Å². The highest BCUT2D eigenvalue weighted by Crippen LogP contribution is 2.27. The van der Waals surface area contributed by atoms with Gasteiger partial charge in [-0.2, -0.15) is 0 Å². The molecule has 0 radical (unpaired) electrons. The Morgan fingerprint density at radius 2 is 1.70 bits per heavy atom. The molecule has 0 spiro atoms. The van der Waals surface area contributed by atoms with E-state index >= 15 is 0 Å². The average Bonchev–Trinajstić information content (AvgIpc) is 2.70. The largest absolute Gasteiger partial charge is 0.495 e. The van der Waals surface area contributed by atoms with Crippen molar-refractivity contribution in [3.63, 3.8) is 0 Å². The lowest BCUT2D eigenvalue weighted by atomic mass is 9.87. The van der Waals surface area contributed by atoms with Crippen molar-refractivity contribution in [3.05, 3.63) is 58.6 Å². The van der Waals surface area contributed by atoms with Crippen molar-refractivity contribution in [2.75, 3.05) is 25.6 Å². The SMILES string of the molecule is COc1ccc(Cl)cc1NC(=O)COC(=O)CNC(=O)c1ccc(C(C)(C)C)cc1. The van der Waals surface area contributed by atoms with Crippen LogP contribution in [0.1, 0.15) is 36.7 Å². The summed E-state index contributed by atoms with van der Waals surface area (Å²) in [6, 6.07) is 11.9. The van der Waals surface area contributed by atoms with Crippen LogP contribution in [0, 0.1) is 0 Å². The first kappa shape index (κ1) is 23.2. The summed E-state index contributed by atoms with van der Waals surface area (Å²) in [4.78, 5) is 36.0. The van der Waals surface area contributed by atoms with Gasteiger partial charge in [-0.25, -0.2) is 0 Å². The summed E-state index contributed by atoms with van der Waals surface area (Å²) in [6.45, 7) is 5.38. The molecule has 30 heavy (non-hydrogen) atoms. The third kappa shape index (κ3) is 6.77. The normalized spacial score (nSPS) is 10.8. The molecule has 2 rings (SSSR count). The Balaban J connectivity index is 1.80. The molecule has 160 valence electrons. The highest BCUT2D eigenvalue weighted by Gasteiger charge is 2.15. The smallest absolute Gasteiger partial charge is 0.325 e. The van der Waals surface area contributed by atoms with Crippen molar-refractivity contribution in [2.24, 2.45) is 0 Å². The highest BCUT2D eigenvalue weighted by atomic mass is 35.5. The number of ether oxygens (including phenoxy) is 2. The van der Waals surface area contributed by atoms with Crippen LogP contribution in [0.4, 0.5) is 5.69 Å². The van der Waals surface area contributed by atoms with Crippen molar-refractivity contribution < 1.29 is 23.9 Å². The number of benzene rings is 2. The molecule has 0 fully saturated rings. The van der Waals surface area contributed by atoms with E-state index in [1.54, 1.807) is 24.3 Å². The van der Waals surface area contributed by atoms with Crippen molar-refractivity contribution >= 4 is 35.1 Å². The predicted molar refractivity (Wildman–Crippen MR) is 115 cm³/mol. The first-order chi connectivity index (χ1) is 14.1. The number of amides is 2. The molecule has 0 aliphatic heterocycles. The quantitative estimate of drug-likeness (QED) is 0.652. The van der Waals surface area contributed by atoms with Crippen LogP contribution in [-0.4, -0.2) is 38.0 Å². The van der Waals surface area contributed by atoms with Crippen LogP contribution in [0.3, 0.4) is 0 Å². The molecule has 2 amide bonds. The average molecular weight is 433 g/mol. The molecule has 0 saturated heterocycles. The van der Waals surface area contributed by atoms with Crippen molar-refractivity contribution in [2.45, 2.75) is 26.2 Å². The van der Waals surface area contributed by atoms with Gasteiger partial charge in [0.15, 0.2) is 6.61 Å². The van der Waals surface area contributed by atoms with Gasteiger partial charge in [-0.05, 0) is 41.3 Å². The third-order valence-electron chi connectivity index (χ3n) is 4.21. The summed E-state index contributed by atoms with van der Waals surface area (Å²) < 4.78 is 10.0. The Bertz CT molecular complexity index is 920. The van der Waals surface area contributed by atoms with Crippen LogP contribution in [0.5, 0.6) is 5.75 Å². The fraction of sp³-hybridized carbons (Fsp3) is 0.318. The molecular weight excluding hydrogens is 408 g/mol. The first-order valence-electron chi connectivity index (χ1n) is 9.28. The van der Waals surface area contributed by atoms with Gasteiger partial charge in [0.2, 0.25) is 0 Å². The van der Waals surface area contributed by atoms with E-state index in [-0.39, 0.29) is 12.0 Å². The second-order valence-corrected chi connectivity index (χ2v) is 8.00. The molecule has 0 heterocycles. The maximum Gasteiger partial charge on any atom is 0.325 e. The van der Waals surface area contributed by atoms with Gasteiger partial charge in [0, 0.05) is 10.6 Å². The van der Waals surface area contributed by atoms with Gasteiger partial charge in [0.1, 0.15) is 12.3 Å². The number of anilines is 1.